The van der Waals surface area contributed by atoms with Crippen molar-refractivity contribution >= 4 is 16.7 Å². The first kappa shape index (κ1) is 17.6. The average Bonchev–Trinajstić information content (AvgIpc) is 3.07. The van der Waals surface area contributed by atoms with Crippen LogP contribution in [0.2, 0.25) is 0 Å². The van der Waals surface area contributed by atoms with Gasteiger partial charge in [-0.2, -0.15) is 5.10 Å². The number of nitrogens with one attached hydrogen (secondary N) is 1. The number of aryl methyl sites for hydroxylation is 2. The van der Waals surface area contributed by atoms with Crippen molar-refractivity contribution in [2.24, 2.45) is 5.92 Å². The molecule has 0 aliphatic carbocycles. The van der Waals surface area contributed by atoms with E-state index in [0.717, 1.165) is 55.1 Å². The smallest absolute Gasteiger partial charge is 0.159 e. The van der Waals surface area contributed by atoms with Crippen molar-refractivity contribution in [3.63, 3.8) is 0 Å². The van der Waals surface area contributed by atoms with Crippen molar-refractivity contribution in [3.05, 3.63) is 41.3 Å². The molecule has 6 heteroatoms. The maximum atomic E-state index is 4.70. The Labute approximate surface area is 166 Å². The third kappa shape index (κ3) is 3.05. The maximum Gasteiger partial charge on any atom is 0.159 e. The van der Waals surface area contributed by atoms with Crippen LogP contribution in [0.15, 0.2) is 24.4 Å². The molecule has 4 heterocycles. The molecule has 0 bridgehead atoms. The normalized spacial score (nSPS) is 18.6. The van der Waals surface area contributed by atoms with Crippen LogP contribution < -0.4 is 10.2 Å². The van der Waals surface area contributed by atoms with Crippen LogP contribution >= 0.6 is 0 Å². The van der Waals surface area contributed by atoms with Gasteiger partial charge in [-0.05, 0) is 74.9 Å². The minimum atomic E-state index is 0.624. The van der Waals surface area contributed by atoms with Crippen LogP contribution in [0.4, 0.5) is 5.82 Å². The zero-order chi connectivity index (χ0) is 19.3. The Morgan fingerprint density at radius 3 is 2.50 bits per heavy atom. The average molecular weight is 377 g/mol. The number of piperidine rings is 1. The lowest BCUT2D eigenvalue weighted by Gasteiger charge is -2.38. The monoisotopic (exact) mass is 376 g/mol. The fraction of sp³-hybridized carbons (Fsp3) is 0.500. The predicted molar refractivity (Wildman–Crippen MR) is 112 cm³/mol. The van der Waals surface area contributed by atoms with E-state index in [1.54, 1.807) is 0 Å². The van der Waals surface area contributed by atoms with Crippen LogP contribution in [0.5, 0.6) is 0 Å². The molecule has 0 saturated carbocycles. The molecule has 28 heavy (non-hydrogen) atoms. The van der Waals surface area contributed by atoms with E-state index in [4.69, 9.17) is 4.98 Å². The van der Waals surface area contributed by atoms with Crippen LogP contribution in [-0.4, -0.2) is 45.9 Å². The van der Waals surface area contributed by atoms with Crippen molar-refractivity contribution < 1.29 is 0 Å². The molecule has 1 aromatic carbocycles. The number of fused-ring (bicyclic) bond motifs is 1. The van der Waals surface area contributed by atoms with Gasteiger partial charge in [-0.25, -0.2) is 14.6 Å². The number of anilines is 1. The van der Waals surface area contributed by atoms with Crippen molar-refractivity contribution in [2.45, 2.75) is 39.5 Å². The maximum absolute atomic E-state index is 4.70. The molecule has 3 aromatic rings. The highest BCUT2D eigenvalue weighted by Crippen LogP contribution is 2.32. The highest BCUT2D eigenvalue weighted by Gasteiger charge is 2.25. The summed E-state index contributed by atoms with van der Waals surface area (Å²) in [7, 11) is 0. The lowest BCUT2D eigenvalue weighted by molar-refractivity contribution is 0.442. The minimum absolute atomic E-state index is 0.624. The van der Waals surface area contributed by atoms with E-state index in [1.807, 2.05) is 17.8 Å². The Bertz CT molecular complexity index is 1010. The summed E-state index contributed by atoms with van der Waals surface area (Å²) < 4.78 is 1.99. The molecule has 6 nitrogen and oxygen atoms in total. The Balaban J connectivity index is 1.57. The zero-order valence-corrected chi connectivity index (χ0v) is 16.9. The molecule has 2 aliphatic heterocycles. The van der Waals surface area contributed by atoms with E-state index in [0.29, 0.717) is 5.92 Å². The molecule has 2 saturated heterocycles. The van der Waals surface area contributed by atoms with Gasteiger partial charge in [-0.15, -0.1) is 0 Å². The second-order valence-electron chi connectivity index (χ2n) is 8.49. The van der Waals surface area contributed by atoms with Crippen LogP contribution in [0.1, 0.15) is 42.6 Å². The molecule has 0 amide bonds. The van der Waals surface area contributed by atoms with E-state index in [-0.39, 0.29) is 0 Å². The van der Waals surface area contributed by atoms with E-state index >= 15 is 0 Å². The fourth-order valence-electron chi connectivity index (χ4n) is 4.65. The molecular weight excluding hydrogens is 348 g/mol. The lowest BCUT2D eigenvalue weighted by atomic mass is 9.87. The SMILES string of the molecule is Cc1nc(N2CC(C)C2)cc(-n2ncc3cc(C)c(C4CCNCC4)cc32)n1. The quantitative estimate of drug-likeness (QED) is 0.760. The summed E-state index contributed by atoms with van der Waals surface area (Å²) in [4.78, 5) is 11.7. The van der Waals surface area contributed by atoms with E-state index < -0.39 is 0 Å². The number of hydrogen-bond acceptors (Lipinski definition) is 5. The van der Waals surface area contributed by atoms with Gasteiger partial charge in [0.1, 0.15) is 11.6 Å². The molecule has 5 rings (SSSR count). The van der Waals surface area contributed by atoms with E-state index in [2.05, 4.69) is 52.3 Å². The van der Waals surface area contributed by atoms with Crippen molar-refractivity contribution in [1.29, 1.82) is 0 Å². The van der Waals surface area contributed by atoms with Crippen molar-refractivity contribution in [2.75, 3.05) is 31.1 Å². The predicted octanol–water partition coefficient (Wildman–Crippen LogP) is 3.36. The topological polar surface area (TPSA) is 58.9 Å². The van der Waals surface area contributed by atoms with E-state index in [1.165, 1.54) is 29.4 Å². The molecule has 2 fully saturated rings. The molecule has 146 valence electrons. The number of nitrogens with zero attached hydrogens (tertiary/aromatic N) is 5. The number of rotatable bonds is 3. The molecule has 2 aliphatic rings. The number of aromatic nitrogens is 4. The van der Waals surface area contributed by atoms with Gasteiger partial charge in [-0.1, -0.05) is 6.92 Å². The molecular formula is C22H28N6. The molecule has 0 spiro atoms. The third-order valence-corrected chi connectivity index (χ3v) is 6.15. The molecule has 0 radical (unpaired) electrons. The molecule has 1 N–H and O–H groups in total. The van der Waals surface area contributed by atoms with Gasteiger partial charge in [0, 0.05) is 24.5 Å². The number of benzene rings is 1. The standard InChI is InChI=1S/C22H28N6/c1-14-12-27(13-14)21-10-22(26-16(3)25-21)28-20-9-19(17-4-6-23-7-5-17)15(2)8-18(20)11-24-28/h8-11,14,17,23H,4-7,12-13H2,1-3H3. The van der Waals surface area contributed by atoms with Gasteiger partial charge in [-0.3, -0.25) is 0 Å². The summed E-state index contributed by atoms with van der Waals surface area (Å²) in [6.07, 6.45) is 4.35. The first-order valence-electron chi connectivity index (χ1n) is 10.4. The van der Waals surface area contributed by atoms with Crippen molar-refractivity contribution in [3.8, 4) is 5.82 Å². The first-order chi connectivity index (χ1) is 13.6. The molecule has 0 atom stereocenters. The highest BCUT2D eigenvalue weighted by molar-refractivity contribution is 5.82. The van der Waals surface area contributed by atoms with Gasteiger partial charge in [0.25, 0.3) is 0 Å². The Morgan fingerprint density at radius 1 is 1.00 bits per heavy atom. The first-order valence-corrected chi connectivity index (χ1v) is 10.4. The van der Waals surface area contributed by atoms with Crippen LogP contribution in [-0.2, 0) is 0 Å². The largest absolute Gasteiger partial charge is 0.356 e. The molecule has 0 unspecified atom stereocenters. The summed E-state index contributed by atoms with van der Waals surface area (Å²) >= 11 is 0. The second-order valence-corrected chi connectivity index (χ2v) is 8.49. The second kappa shape index (κ2) is 6.85. The summed E-state index contributed by atoms with van der Waals surface area (Å²) in [5.41, 5.74) is 3.96. The third-order valence-electron chi connectivity index (χ3n) is 6.15. The summed E-state index contributed by atoms with van der Waals surface area (Å²) in [5.74, 6) is 4.02. The molecule has 2 aromatic heterocycles. The highest BCUT2D eigenvalue weighted by atomic mass is 15.3. The van der Waals surface area contributed by atoms with E-state index in [9.17, 15) is 0 Å². The van der Waals surface area contributed by atoms with Crippen LogP contribution in [0.25, 0.3) is 16.7 Å². The Kier molecular flexibility index (Phi) is 4.31. The summed E-state index contributed by atoms with van der Waals surface area (Å²) in [6, 6.07) is 6.70. The van der Waals surface area contributed by atoms with Gasteiger partial charge in [0.05, 0.1) is 11.7 Å². The zero-order valence-electron chi connectivity index (χ0n) is 16.9. The Hall–Kier alpha value is -2.47. The van der Waals surface area contributed by atoms with Gasteiger partial charge in [0.2, 0.25) is 0 Å². The van der Waals surface area contributed by atoms with Crippen molar-refractivity contribution in [1.82, 2.24) is 25.1 Å². The van der Waals surface area contributed by atoms with Gasteiger partial charge in [0.15, 0.2) is 5.82 Å². The lowest BCUT2D eigenvalue weighted by Crippen LogP contribution is -2.45. The minimum Gasteiger partial charge on any atom is -0.356 e. The summed E-state index contributed by atoms with van der Waals surface area (Å²) in [5, 5.41) is 9.33. The summed E-state index contributed by atoms with van der Waals surface area (Å²) in [6.45, 7) is 10.8. The fourth-order valence-corrected chi connectivity index (χ4v) is 4.65. The number of hydrogen-bond donors (Lipinski definition) is 1. The van der Waals surface area contributed by atoms with Crippen LogP contribution in [0.3, 0.4) is 0 Å². The van der Waals surface area contributed by atoms with Crippen LogP contribution in [0, 0.1) is 19.8 Å². The van der Waals surface area contributed by atoms with Gasteiger partial charge < -0.3 is 10.2 Å². The van der Waals surface area contributed by atoms with Gasteiger partial charge >= 0.3 is 0 Å². The Morgan fingerprint density at radius 2 is 1.75 bits per heavy atom.